The Bertz CT molecular complexity index is 1030. The van der Waals surface area contributed by atoms with Gasteiger partial charge in [0.05, 0.1) is 16.1 Å². The first-order valence-corrected chi connectivity index (χ1v) is 9.49. The molecule has 0 aliphatic carbocycles. The highest BCUT2D eigenvalue weighted by atomic mass is 32.1. The molecule has 1 fully saturated rings. The summed E-state index contributed by atoms with van der Waals surface area (Å²) in [5.41, 5.74) is 1.47. The number of fused-ring (bicyclic) bond motifs is 2. The third-order valence-electron chi connectivity index (χ3n) is 4.67. The van der Waals surface area contributed by atoms with Gasteiger partial charge in [0.1, 0.15) is 19.0 Å². The number of benzene rings is 2. The van der Waals surface area contributed by atoms with Crippen LogP contribution < -0.4 is 19.7 Å². The number of aromatic nitrogens is 1. The number of rotatable bonds is 3. The Morgan fingerprint density at radius 1 is 1.15 bits per heavy atom. The summed E-state index contributed by atoms with van der Waals surface area (Å²) in [6.45, 7) is 2.24. The van der Waals surface area contributed by atoms with Gasteiger partial charge in [-0.15, -0.1) is 0 Å². The van der Waals surface area contributed by atoms with Crippen molar-refractivity contribution in [3.05, 3.63) is 42.2 Å². The SMILES string of the molecule is O=C(Nc1ccc2c(c1)OCCO2)C1CN(c2nc3ccc(F)cc3s2)C1. The molecular formula is C19H16FN3O3S. The number of hydrogen-bond donors (Lipinski definition) is 1. The van der Waals surface area contributed by atoms with Gasteiger partial charge in [-0.1, -0.05) is 11.3 Å². The number of hydrogen-bond acceptors (Lipinski definition) is 6. The lowest BCUT2D eigenvalue weighted by Crippen LogP contribution is -2.52. The summed E-state index contributed by atoms with van der Waals surface area (Å²) in [6.07, 6.45) is 0. The Morgan fingerprint density at radius 2 is 1.96 bits per heavy atom. The van der Waals surface area contributed by atoms with Gasteiger partial charge in [-0.25, -0.2) is 9.37 Å². The quantitative estimate of drug-likeness (QED) is 0.750. The Labute approximate surface area is 158 Å². The van der Waals surface area contributed by atoms with Gasteiger partial charge in [0.25, 0.3) is 0 Å². The molecule has 0 radical (unpaired) electrons. The summed E-state index contributed by atoms with van der Waals surface area (Å²) < 4.78 is 25.2. The Balaban J connectivity index is 1.23. The van der Waals surface area contributed by atoms with E-state index in [4.69, 9.17) is 9.47 Å². The van der Waals surface area contributed by atoms with Crippen LogP contribution in [0.2, 0.25) is 0 Å². The molecule has 1 aromatic heterocycles. The largest absolute Gasteiger partial charge is 0.486 e. The molecule has 0 saturated carbocycles. The molecule has 0 atom stereocenters. The highest BCUT2D eigenvalue weighted by molar-refractivity contribution is 7.22. The summed E-state index contributed by atoms with van der Waals surface area (Å²) in [7, 11) is 0. The molecule has 5 rings (SSSR count). The lowest BCUT2D eigenvalue weighted by molar-refractivity contribution is -0.120. The number of nitrogens with one attached hydrogen (secondary N) is 1. The molecule has 27 heavy (non-hydrogen) atoms. The number of nitrogens with zero attached hydrogens (tertiary/aromatic N) is 2. The third kappa shape index (κ3) is 3.06. The number of halogens is 1. The van der Waals surface area contributed by atoms with Crippen LogP contribution in [-0.4, -0.2) is 37.2 Å². The normalized spacial score (nSPS) is 16.3. The van der Waals surface area contributed by atoms with Crippen molar-refractivity contribution in [2.24, 2.45) is 5.92 Å². The zero-order valence-electron chi connectivity index (χ0n) is 14.3. The highest BCUT2D eigenvalue weighted by Gasteiger charge is 2.34. The maximum Gasteiger partial charge on any atom is 0.231 e. The molecule has 0 unspecified atom stereocenters. The van der Waals surface area contributed by atoms with Gasteiger partial charge >= 0.3 is 0 Å². The maximum absolute atomic E-state index is 13.3. The predicted molar refractivity (Wildman–Crippen MR) is 101 cm³/mol. The molecule has 2 aliphatic heterocycles. The zero-order valence-corrected chi connectivity index (χ0v) is 15.1. The molecule has 1 N–H and O–H groups in total. The van der Waals surface area contributed by atoms with Crippen LogP contribution in [0.4, 0.5) is 15.2 Å². The number of carbonyl (C=O) groups is 1. The Hall–Kier alpha value is -2.87. The fourth-order valence-corrected chi connectivity index (χ4v) is 4.20. The summed E-state index contributed by atoms with van der Waals surface area (Å²) in [5.74, 6) is 0.937. The number of thiazole rings is 1. The monoisotopic (exact) mass is 385 g/mol. The standard InChI is InChI=1S/C19H16FN3O3S/c20-12-1-3-14-17(7-12)27-19(22-14)23-9-11(10-23)18(24)21-13-2-4-15-16(8-13)26-6-5-25-15/h1-4,7-8,11H,5-6,9-10H2,(H,21,24). The van der Waals surface area contributed by atoms with Gasteiger partial charge < -0.3 is 19.7 Å². The van der Waals surface area contributed by atoms with Gasteiger partial charge in [0.15, 0.2) is 16.6 Å². The van der Waals surface area contributed by atoms with E-state index in [0.29, 0.717) is 43.5 Å². The number of carbonyl (C=O) groups excluding carboxylic acids is 1. The maximum atomic E-state index is 13.3. The van der Waals surface area contributed by atoms with Crippen molar-refractivity contribution in [1.29, 1.82) is 0 Å². The van der Waals surface area contributed by atoms with Crippen molar-refractivity contribution in [2.45, 2.75) is 0 Å². The van der Waals surface area contributed by atoms with Crippen LogP contribution in [0.5, 0.6) is 11.5 Å². The van der Waals surface area contributed by atoms with Crippen LogP contribution in [0.1, 0.15) is 0 Å². The van der Waals surface area contributed by atoms with E-state index in [1.54, 1.807) is 18.2 Å². The van der Waals surface area contributed by atoms with Crippen molar-refractivity contribution in [3.8, 4) is 11.5 Å². The van der Waals surface area contributed by atoms with Gasteiger partial charge in [-0.3, -0.25) is 4.79 Å². The molecular weight excluding hydrogens is 369 g/mol. The lowest BCUT2D eigenvalue weighted by atomic mass is 10.00. The van der Waals surface area contributed by atoms with Crippen LogP contribution in [0.3, 0.4) is 0 Å². The van der Waals surface area contributed by atoms with Crippen molar-refractivity contribution in [3.63, 3.8) is 0 Å². The van der Waals surface area contributed by atoms with E-state index in [1.807, 2.05) is 11.0 Å². The van der Waals surface area contributed by atoms with Crippen molar-refractivity contribution < 1.29 is 18.7 Å². The van der Waals surface area contributed by atoms with Crippen LogP contribution >= 0.6 is 11.3 Å². The minimum atomic E-state index is -0.266. The predicted octanol–water partition coefficient (Wildman–Crippen LogP) is 3.28. The number of anilines is 2. The summed E-state index contributed by atoms with van der Waals surface area (Å²) in [4.78, 5) is 19.0. The second kappa shape index (κ2) is 6.38. The molecule has 138 valence electrons. The second-order valence-electron chi connectivity index (χ2n) is 6.56. The first-order chi connectivity index (χ1) is 13.2. The van der Waals surface area contributed by atoms with Gasteiger partial charge in [0.2, 0.25) is 5.91 Å². The average Bonchev–Trinajstić information content (AvgIpc) is 3.02. The fourth-order valence-electron chi connectivity index (χ4n) is 3.19. The van der Waals surface area contributed by atoms with Crippen LogP contribution in [0.25, 0.3) is 10.2 Å². The van der Waals surface area contributed by atoms with Crippen LogP contribution in [0, 0.1) is 11.7 Å². The average molecular weight is 385 g/mol. The molecule has 6 nitrogen and oxygen atoms in total. The number of ether oxygens (including phenoxy) is 2. The van der Waals surface area contributed by atoms with Crippen LogP contribution in [-0.2, 0) is 4.79 Å². The summed E-state index contributed by atoms with van der Waals surface area (Å²) in [6, 6.07) is 9.97. The molecule has 0 spiro atoms. The van der Waals surface area contributed by atoms with Gasteiger partial charge in [-0.05, 0) is 30.3 Å². The van der Waals surface area contributed by atoms with E-state index in [0.717, 1.165) is 15.3 Å². The van der Waals surface area contributed by atoms with Crippen molar-refractivity contribution >= 4 is 38.3 Å². The van der Waals surface area contributed by atoms with Gasteiger partial charge in [-0.2, -0.15) is 0 Å². The van der Waals surface area contributed by atoms with Crippen molar-refractivity contribution in [2.75, 3.05) is 36.5 Å². The Morgan fingerprint density at radius 3 is 2.81 bits per heavy atom. The fraction of sp³-hybridized carbons (Fsp3) is 0.263. The second-order valence-corrected chi connectivity index (χ2v) is 7.57. The van der Waals surface area contributed by atoms with E-state index in [2.05, 4.69) is 10.3 Å². The molecule has 8 heteroatoms. The molecule has 3 heterocycles. The third-order valence-corrected chi connectivity index (χ3v) is 5.75. The van der Waals surface area contributed by atoms with E-state index >= 15 is 0 Å². The molecule has 2 aromatic carbocycles. The van der Waals surface area contributed by atoms with Crippen molar-refractivity contribution in [1.82, 2.24) is 4.98 Å². The number of amides is 1. The molecule has 2 aliphatic rings. The van der Waals surface area contributed by atoms with E-state index in [1.165, 1.54) is 23.5 Å². The van der Waals surface area contributed by atoms with E-state index in [-0.39, 0.29) is 17.6 Å². The zero-order chi connectivity index (χ0) is 18.4. The first kappa shape index (κ1) is 16.3. The minimum absolute atomic E-state index is 0.0323. The molecule has 1 amide bonds. The van der Waals surface area contributed by atoms with Crippen LogP contribution in [0.15, 0.2) is 36.4 Å². The molecule has 1 saturated heterocycles. The topological polar surface area (TPSA) is 63.7 Å². The van der Waals surface area contributed by atoms with E-state index < -0.39 is 0 Å². The first-order valence-electron chi connectivity index (χ1n) is 8.67. The summed E-state index contributed by atoms with van der Waals surface area (Å²) >= 11 is 1.44. The summed E-state index contributed by atoms with van der Waals surface area (Å²) in [5, 5.41) is 3.75. The van der Waals surface area contributed by atoms with E-state index in [9.17, 15) is 9.18 Å². The smallest absolute Gasteiger partial charge is 0.231 e. The minimum Gasteiger partial charge on any atom is -0.486 e. The van der Waals surface area contributed by atoms with Gasteiger partial charge in [0, 0.05) is 24.8 Å². The molecule has 0 bridgehead atoms. The Kier molecular flexibility index (Phi) is 3.86. The molecule has 3 aromatic rings. The highest BCUT2D eigenvalue weighted by Crippen LogP contribution is 2.35. The lowest BCUT2D eigenvalue weighted by Gasteiger charge is -2.37.